The van der Waals surface area contributed by atoms with Crippen LogP contribution in [0.2, 0.25) is 5.15 Å². The Balaban J connectivity index is 1.48. The zero-order chi connectivity index (χ0) is 19.7. The summed E-state index contributed by atoms with van der Waals surface area (Å²) in [6, 6.07) is 9.54. The number of carbonyl (C=O) groups is 2. The van der Waals surface area contributed by atoms with E-state index in [0.29, 0.717) is 24.8 Å². The van der Waals surface area contributed by atoms with Gasteiger partial charge in [-0.3, -0.25) is 9.69 Å². The van der Waals surface area contributed by atoms with Crippen LogP contribution in [0.3, 0.4) is 0 Å². The molecule has 1 amide bonds. The first kappa shape index (κ1) is 18.6. The van der Waals surface area contributed by atoms with E-state index in [0.717, 1.165) is 17.9 Å². The van der Waals surface area contributed by atoms with Crippen molar-refractivity contribution in [3.8, 4) is 0 Å². The van der Waals surface area contributed by atoms with Gasteiger partial charge in [0.1, 0.15) is 0 Å². The van der Waals surface area contributed by atoms with Crippen molar-refractivity contribution >= 4 is 40.5 Å². The summed E-state index contributed by atoms with van der Waals surface area (Å²) in [5.41, 5.74) is 2.02. The van der Waals surface area contributed by atoms with Gasteiger partial charge in [0.05, 0.1) is 19.3 Å². The van der Waals surface area contributed by atoms with Gasteiger partial charge in [-0.05, 0) is 37.1 Å². The van der Waals surface area contributed by atoms with Crippen molar-refractivity contribution in [2.45, 2.75) is 18.9 Å². The molecule has 1 aliphatic heterocycles. The predicted molar refractivity (Wildman–Crippen MR) is 105 cm³/mol. The molecule has 1 aromatic heterocycles. The number of nitrogens with zero attached hydrogens (tertiary/aromatic N) is 4. The molecule has 1 N–H and O–H groups in total. The van der Waals surface area contributed by atoms with Crippen LogP contribution in [0.25, 0.3) is 0 Å². The molecule has 4 rings (SSSR count). The third-order valence-corrected chi connectivity index (χ3v) is 5.10. The number of hydrogen-bond donors (Lipinski definition) is 1. The van der Waals surface area contributed by atoms with Crippen LogP contribution in [-0.2, 0) is 9.53 Å². The van der Waals surface area contributed by atoms with Crippen molar-refractivity contribution < 1.29 is 14.3 Å². The topological polar surface area (TPSA) is 87.7 Å². The Labute approximate surface area is 167 Å². The maximum Gasteiger partial charge on any atom is 0.360 e. The number of aromatic nitrogens is 2. The number of amides is 1. The number of ether oxygens (including phenoxy) is 1. The summed E-state index contributed by atoms with van der Waals surface area (Å²) in [6.45, 7) is 2.08. The molecule has 146 valence electrons. The Kier molecular flexibility index (Phi) is 5.15. The summed E-state index contributed by atoms with van der Waals surface area (Å²) in [4.78, 5) is 28.4. The van der Waals surface area contributed by atoms with Crippen LogP contribution in [0.1, 0.15) is 23.3 Å². The van der Waals surface area contributed by atoms with Crippen LogP contribution < -0.4 is 10.2 Å². The lowest BCUT2D eigenvalue weighted by molar-refractivity contribution is -0.121. The number of benzene rings is 1. The van der Waals surface area contributed by atoms with Gasteiger partial charge >= 0.3 is 5.97 Å². The maximum atomic E-state index is 12.5. The number of halogens is 1. The SMILES string of the molecule is COC(=O)c1nnc(Cl)cc1Nc1ccc(N2CCN(C3CC3)CC2=O)cc1. The van der Waals surface area contributed by atoms with E-state index in [1.807, 2.05) is 29.2 Å². The third kappa shape index (κ3) is 3.93. The smallest absolute Gasteiger partial charge is 0.360 e. The number of hydrogen-bond acceptors (Lipinski definition) is 7. The molecule has 1 aromatic carbocycles. The molecular weight excluding hydrogens is 382 g/mol. The molecule has 28 heavy (non-hydrogen) atoms. The summed E-state index contributed by atoms with van der Waals surface area (Å²) in [5, 5.41) is 10.7. The van der Waals surface area contributed by atoms with E-state index >= 15 is 0 Å². The lowest BCUT2D eigenvalue weighted by atomic mass is 10.2. The monoisotopic (exact) mass is 401 g/mol. The van der Waals surface area contributed by atoms with Crippen LogP contribution in [0.4, 0.5) is 17.1 Å². The molecule has 0 radical (unpaired) electrons. The van der Waals surface area contributed by atoms with E-state index < -0.39 is 5.97 Å². The number of anilines is 3. The van der Waals surface area contributed by atoms with Gasteiger partial charge in [0, 0.05) is 36.6 Å². The van der Waals surface area contributed by atoms with Crippen LogP contribution in [0, 0.1) is 0 Å². The lowest BCUT2D eigenvalue weighted by Crippen LogP contribution is -2.51. The Bertz CT molecular complexity index is 901. The zero-order valence-electron chi connectivity index (χ0n) is 15.4. The van der Waals surface area contributed by atoms with Crippen LogP contribution in [0.5, 0.6) is 0 Å². The highest BCUT2D eigenvalue weighted by Crippen LogP contribution is 2.30. The number of methoxy groups -OCH3 is 1. The quantitative estimate of drug-likeness (QED) is 0.770. The highest BCUT2D eigenvalue weighted by molar-refractivity contribution is 6.29. The van der Waals surface area contributed by atoms with E-state index in [-0.39, 0.29) is 16.8 Å². The zero-order valence-corrected chi connectivity index (χ0v) is 16.1. The minimum atomic E-state index is -0.609. The van der Waals surface area contributed by atoms with Gasteiger partial charge in [-0.2, -0.15) is 0 Å². The van der Waals surface area contributed by atoms with Gasteiger partial charge in [0.2, 0.25) is 5.91 Å². The van der Waals surface area contributed by atoms with Crippen molar-refractivity contribution in [2.24, 2.45) is 0 Å². The van der Waals surface area contributed by atoms with E-state index in [1.165, 1.54) is 26.0 Å². The largest absolute Gasteiger partial charge is 0.464 e. The second kappa shape index (κ2) is 7.73. The van der Waals surface area contributed by atoms with Gasteiger partial charge in [-0.1, -0.05) is 11.6 Å². The first-order chi connectivity index (χ1) is 13.5. The number of rotatable bonds is 5. The van der Waals surface area contributed by atoms with Crippen molar-refractivity contribution in [3.63, 3.8) is 0 Å². The number of carbonyl (C=O) groups excluding carboxylic acids is 2. The Hall–Kier alpha value is -2.71. The first-order valence-electron chi connectivity index (χ1n) is 9.08. The molecule has 0 unspecified atom stereocenters. The predicted octanol–water partition coefficient (Wildman–Crippen LogP) is 2.47. The van der Waals surface area contributed by atoms with Crippen LogP contribution >= 0.6 is 11.6 Å². The molecule has 2 aliphatic rings. The Morgan fingerprint density at radius 2 is 1.96 bits per heavy atom. The molecule has 2 aromatic rings. The highest BCUT2D eigenvalue weighted by atomic mass is 35.5. The van der Waals surface area contributed by atoms with Gasteiger partial charge in [-0.25, -0.2) is 4.79 Å². The molecule has 2 heterocycles. The van der Waals surface area contributed by atoms with Gasteiger partial charge in [0.25, 0.3) is 0 Å². The second-order valence-corrected chi connectivity index (χ2v) is 7.23. The van der Waals surface area contributed by atoms with Crippen molar-refractivity contribution in [1.82, 2.24) is 15.1 Å². The average molecular weight is 402 g/mol. The van der Waals surface area contributed by atoms with E-state index in [1.54, 1.807) is 0 Å². The molecule has 0 atom stereocenters. The number of nitrogens with one attached hydrogen (secondary N) is 1. The third-order valence-electron chi connectivity index (χ3n) is 4.91. The molecular formula is C19H20ClN5O3. The van der Waals surface area contributed by atoms with Crippen molar-refractivity contribution in [1.29, 1.82) is 0 Å². The average Bonchev–Trinajstić information content (AvgIpc) is 3.54. The molecule has 0 spiro atoms. The number of esters is 1. The number of piperazine rings is 1. The molecule has 8 nitrogen and oxygen atoms in total. The fourth-order valence-corrected chi connectivity index (χ4v) is 3.45. The fourth-order valence-electron chi connectivity index (χ4n) is 3.31. The van der Waals surface area contributed by atoms with E-state index in [2.05, 4.69) is 20.4 Å². The molecule has 1 saturated heterocycles. The van der Waals surface area contributed by atoms with Gasteiger partial charge in [0.15, 0.2) is 10.8 Å². The first-order valence-corrected chi connectivity index (χ1v) is 9.46. The molecule has 1 aliphatic carbocycles. The molecule has 2 fully saturated rings. The molecule has 0 bridgehead atoms. The maximum absolute atomic E-state index is 12.5. The Morgan fingerprint density at radius 1 is 1.21 bits per heavy atom. The van der Waals surface area contributed by atoms with Gasteiger partial charge < -0.3 is 15.0 Å². The van der Waals surface area contributed by atoms with E-state index in [4.69, 9.17) is 16.3 Å². The summed E-state index contributed by atoms with van der Waals surface area (Å²) >= 11 is 5.90. The van der Waals surface area contributed by atoms with Gasteiger partial charge in [-0.15, -0.1) is 10.2 Å². The van der Waals surface area contributed by atoms with Crippen LogP contribution in [-0.4, -0.2) is 59.8 Å². The minimum absolute atomic E-state index is 0.0438. The second-order valence-electron chi connectivity index (χ2n) is 6.84. The van der Waals surface area contributed by atoms with Crippen molar-refractivity contribution in [3.05, 3.63) is 41.2 Å². The normalized spacial score (nSPS) is 17.5. The summed E-state index contributed by atoms with van der Waals surface area (Å²) in [5.74, 6) is -0.487. The van der Waals surface area contributed by atoms with E-state index in [9.17, 15) is 9.59 Å². The fraction of sp³-hybridized carbons (Fsp3) is 0.368. The lowest BCUT2D eigenvalue weighted by Gasteiger charge is -2.34. The van der Waals surface area contributed by atoms with Crippen molar-refractivity contribution in [2.75, 3.05) is 37.0 Å². The standard InChI is InChI=1S/C19H20ClN5O3/c1-28-19(27)18-15(10-16(20)22-23-18)21-12-2-4-14(5-3-12)25-9-8-24(11-17(25)26)13-6-7-13/h2-5,10,13H,6-9,11H2,1H3,(H,21,22). The highest BCUT2D eigenvalue weighted by Gasteiger charge is 2.34. The summed E-state index contributed by atoms with van der Waals surface area (Å²) in [7, 11) is 1.27. The van der Waals surface area contributed by atoms with Crippen LogP contribution in [0.15, 0.2) is 30.3 Å². The molecule has 1 saturated carbocycles. The Morgan fingerprint density at radius 3 is 2.61 bits per heavy atom. The summed E-state index contributed by atoms with van der Waals surface area (Å²) in [6.07, 6.45) is 2.41. The minimum Gasteiger partial charge on any atom is -0.464 e. The summed E-state index contributed by atoms with van der Waals surface area (Å²) < 4.78 is 4.72. The molecule has 9 heteroatoms.